The van der Waals surface area contributed by atoms with Crippen molar-refractivity contribution in [2.75, 3.05) is 13.2 Å². The van der Waals surface area contributed by atoms with E-state index in [2.05, 4.69) is 14.1 Å². The number of aromatic nitrogens is 2. The lowest BCUT2D eigenvalue weighted by Gasteiger charge is -2.25. The summed E-state index contributed by atoms with van der Waals surface area (Å²) in [5, 5.41) is 12.8. The molecule has 0 spiro atoms. The molecule has 88 valence electrons. The van der Waals surface area contributed by atoms with E-state index in [0.717, 1.165) is 11.7 Å². The predicted molar refractivity (Wildman–Crippen MR) is 57.2 cm³/mol. The van der Waals surface area contributed by atoms with Crippen molar-refractivity contribution in [3.63, 3.8) is 0 Å². The van der Waals surface area contributed by atoms with E-state index in [1.165, 1.54) is 6.20 Å². The molecule has 1 aromatic heterocycles. The van der Waals surface area contributed by atoms with Crippen LogP contribution in [0, 0.1) is 0 Å². The second kappa shape index (κ2) is 4.44. The van der Waals surface area contributed by atoms with Gasteiger partial charge in [-0.15, -0.1) is 0 Å². The van der Waals surface area contributed by atoms with E-state index in [9.17, 15) is 9.90 Å². The number of hydrogen-bond acceptors (Lipinski definition) is 6. The number of rotatable bonds is 3. The minimum atomic E-state index is -0.973. The first-order valence-electron chi connectivity index (χ1n) is 5.01. The highest BCUT2D eigenvalue weighted by molar-refractivity contribution is 6.99. The molecule has 2 unspecified atom stereocenters. The fourth-order valence-electron chi connectivity index (χ4n) is 1.59. The lowest BCUT2D eigenvalue weighted by Crippen LogP contribution is -2.47. The molecule has 1 aromatic rings. The second-order valence-corrected chi connectivity index (χ2v) is 4.40. The van der Waals surface area contributed by atoms with Gasteiger partial charge in [0.2, 0.25) is 0 Å². The highest BCUT2D eigenvalue weighted by Gasteiger charge is 2.39. The minimum Gasteiger partial charge on any atom is -0.385 e. The molecule has 6 nitrogen and oxygen atoms in total. The number of nitrogens with zero attached hydrogens (tertiary/aromatic N) is 2. The molecule has 7 heteroatoms. The molecule has 2 N–H and O–H groups in total. The van der Waals surface area contributed by atoms with E-state index in [4.69, 9.17) is 4.74 Å². The zero-order valence-electron chi connectivity index (χ0n) is 8.84. The Kier molecular flexibility index (Phi) is 3.17. The zero-order chi connectivity index (χ0) is 11.6. The van der Waals surface area contributed by atoms with Gasteiger partial charge in [0.15, 0.2) is 5.69 Å². The largest absolute Gasteiger partial charge is 0.385 e. The van der Waals surface area contributed by atoms with Crippen LogP contribution in [0.5, 0.6) is 0 Å². The van der Waals surface area contributed by atoms with Crippen LogP contribution < -0.4 is 5.32 Å². The number of carbonyl (C=O) groups excluding carboxylic acids is 1. The average molecular weight is 243 g/mol. The van der Waals surface area contributed by atoms with Crippen LogP contribution in [-0.4, -0.2) is 44.6 Å². The van der Waals surface area contributed by atoms with Gasteiger partial charge in [-0.25, -0.2) is 0 Å². The summed E-state index contributed by atoms with van der Waals surface area (Å²) in [6, 6.07) is 0. The fourth-order valence-corrected chi connectivity index (χ4v) is 2.00. The van der Waals surface area contributed by atoms with Gasteiger partial charge in [-0.2, -0.15) is 8.75 Å². The van der Waals surface area contributed by atoms with Gasteiger partial charge in [-0.3, -0.25) is 4.79 Å². The molecule has 2 rings (SSSR count). The van der Waals surface area contributed by atoms with Gasteiger partial charge in [0.1, 0.15) is 5.60 Å². The van der Waals surface area contributed by atoms with Crippen LogP contribution in [0.1, 0.15) is 23.8 Å². The van der Waals surface area contributed by atoms with Crippen LogP contribution in [0.2, 0.25) is 0 Å². The molecule has 2 atom stereocenters. The minimum absolute atomic E-state index is 0.171. The van der Waals surface area contributed by atoms with E-state index in [-0.39, 0.29) is 24.2 Å². The topological polar surface area (TPSA) is 84.3 Å². The van der Waals surface area contributed by atoms with Crippen molar-refractivity contribution in [3.05, 3.63) is 11.9 Å². The lowest BCUT2D eigenvalue weighted by molar-refractivity contribution is -0.0251. The Morgan fingerprint density at radius 2 is 2.69 bits per heavy atom. The van der Waals surface area contributed by atoms with E-state index < -0.39 is 5.60 Å². The maximum Gasteiger partial charge on any atom is 0.272 e. The van der Waals surface area contributed by atoms with Crippen molar-refractivity contribution in [2.24, 2.45) is 0 Å². The van der Waals surface area contributed by atoms with Crippen LogP contribution >= 0.6 is 11.7 Å². The summed E-state index contributed by atoms with van der Waals surface area (Å²) >= 11 is 0.978. The number of hydrogen-bond donors (Lipinski definition) is 2. The SMILES string of the molecule is CC1OCCC1(O)CNC(=O)c1cnsn1. The van der Waals surface area contributed by atoms with Gasteiger partial charge in [0.25, 0.3) is 5.91 Å². The van der Waals surface area contributed by atoms with Crippen molar-refractivity contribution in [3.8, 4) is 0 Å². The maximum atomic E-state index is 11.6. The Balaban J connectivity index is 1.90. The molecule has 1 saturated heterocycles. The molecule has 0 saturated carbocycles. The van der Waals surface area contributed by atoms with Crippen molar-refractivity contribution in [2.45, 2.75) is 25.0 Å². The fraction of sp³-hybridized carbons (Fsp3) is 0.667. The first kappa shape index (κ1) is 11.4. The Labute approximate surface area is 97.0 Å². The highest BCUT2D eigenvalue weighted by atomic mass is 32.1. The number of nitrogens with one attached hydrogen (secondary N) is 1. The number of amides is 1. The molecule has 1 aliphatic rings. The summed E-state index contributed by atoms with van der Waals surface area (Å²) in [6.45, 7) is 2.49. The lowest BCUT2D eigenvalue weighted by atomic mass is 9.97. The third-order valence-corrected chi connectivity index (χ3v) is 3.29. The summed E-state index contributed by atoms with van der Waals surface area (Å²) < 4.78 is 12.8. The standard InChI is InChI=1S/C9H13N3O3S/c1-6-9(14,2-3-15-6)5-10-8(13)7-4-11-16-12-7/h4,6,14H,2-3,5H2,1H3,(H,10,13). The van der Waals surface area contributed by atoms with Crippen molar-refractivity contribution >= 4 is 17.6 Å². The monoisotopic (exact) mass is 243 g/mol. The summed E-state index contributed by atoms with van der Waals surface area (Å²) in [7, 11) is 0. The van der Waals surface area contributed by atoms with Crippen LogP contribution in [0.25, 0.3) is 0 Å². The van der Waals surface area contributed by atoms with Crippen LogP contribution in [-0.2, 0) is 4.74 Å². The Morgan fingerprint density at radius 1 is 1.88 bits per heavy atom. The maximum absolute atomic E-state index is 11.6. The molecular weight excluding hydrogens is 230 g/mol. The van der Waals surface area contributed by atoms with E-state index in [1.807, 2.05) is 0 Å². The molecule has 0 radical (unpaired) electrons. The highest BCUT2D eigenvalue weighted by Crippen LogP contribution is 2.24. The summed E-state index contributed by atoms with van der Waals surface area (Å²) in [4.78, 5) is 11.6. The Bertz CT molecular complexity index is 370. The van der Waals surface area contributed by atoms with Gasteiger partial charge >= 0.3 is 0 Å². The summed E-state index contributed by atoms with van der Waals surface area (Å²) in [5.41, 5.74) is -0.695. The third kappa shape index (κ3) is 2.21. The van der Waals surface area contributed by atoms with Gasteiger partial charge in [0.05, 0.1) is 24.0 Å². The van der Waals surface area contributed by atoms with E-state index in [1.54, 1.807) is 6.92 Å². The van der Waals surface area contributed by atoms with Crippen molar-refractivity contribution < 1.29 is 14.6 Å². The molecule has 16 heavy (non-hydrogen) atoms. The Hall–Kier alpha value is -1.05. The number of carbonyl (C=O) groups is 1. The molecule has 2 heterocycles. The van der Waals surface area contributed by atoms with Crippen molar-refractivity contribution in [1.29, 1.82) is 0 Å². The zero-order valence-corrected chi connectivity index (χ0v) is 9.66. The summed E-state index contributed by atoms with van der Waals surface area (Å²) in [5.74, 6) is -0.318. The van der Waals surface area contributed by atoms with Gasteiger partial charge in [0, 0.05) is 19.6 Å². The first-order chi connectivity index (χ1) is 7.62. The normalized spacial score (nSPS) is 29.2. The third-order valence-electron chi connectivity index (χ3n) is 2.81. The molecular formula is C9H13N3O3S. The van der Waals surface area contributed by atoms with E-state index >= 15 is 0 Å². The molecule has 0 aromatic carbocycles. The first-order valence-corrected chi connectivity index (χ1v) is 5.74. The number of ether oxygens (including phenoxy) is 1. The van der Waals surface area contributed by atoms with Crippen LogP contribution in [0.4, 0.5) is 0 Å². The Morgan fingerprint density at radius 3 is 3.25 bits per heavy atom. The molecule has 1 aliphatic heterocycles. The van der Waals surface area contributed by atoms with Crippen LogP contribution in [0.15, 0.2) is 6.20 Å². The quantitative estimate of drug-likeness (QED) is 0.768. The predicted octanol–water partition coefficient (Wildman–Crippen LogP) is -0.192. The van der Waals surface area contributed by atoms with Crippen LogP contribution in [0.3, 0.4) is 0 Å². The molecule has 0 bridgehead atoms. The van der Waals surface area contributed by atoms with Gasteiger partial charge in [-0.05, 0) is 6.92 Å². The van der Waals surface area contributed by atoms with Gasteiger partial charge < -0.3 is 15.2 Å². The molecule has 1 fully saturated rings. The number of aliphatic hydroxyl groups is 1. The van der Waals surface area contributed by atoms with Crippen molar-refractivity contribution in [1.82, 2.24) is 14.1 Å². The smallest absolute Gasteiger partial charge is 0.272 e. The molecule has 1 amide bonds. The van der Waals surface area contributed by atoms with Gasteiger partial charge in [-0.1, -0.05) is 0 Å². The van der Waals surface area contributed by atoms with E-state index in [0.29, 0.717) is 13.0 Å². The average Bonchev–Trinajstić information content (AvgIpc) is 2.87. The summed E-state index contributed by atoms with van der Waals surface area (Å²) in [6.07, 6.45) is 1.67. The molecule has 0 aliphatic carbocycles. The second-order valence-electron chi connectivity index (χ2n) is 3.84.